The first-order valence-electron chi connectivity index (χ1n) is 9.11. The smallest absolute Gasteiger partial charge is 0.228 e. The van der Waals surface area contributed by atoms with Crippen LogP contribution in [0.25, 0.3) is 0 Å². The molecule has 5 heteroatoms. The average Bonchev–Trinajstić information content (AvgIpc) is 2.85. The number of benzene rings is 3. The highest BCUT2D eigenvalue weighted by Gasteiger charge is 2.26. The van der Waals surface area contributed by atoms with Gasteiger partial charge in [0.25, 0.3) is 0 Å². The van der Waals surface area contributed by atoms with Gasteiger partial charge in [0.1, 0.15) is 0 Å². The second-order valence-corrected chi connectivity index (χ2v) is 7.22. The summed E-state index contributed by atoms with van der Waals surface area (Å²) in [5.41, 5.74) is 4.10. The average molecular weight is 390 g/mol. The molecule has 3 aromatic carbocycles. The Morgan fingerprint density at radius 2 is 1.68 bits per heavy atom. The van der Waals surface area contributed by atoms with Crippen LogP contribution in [0.4, 0.5) is 5.69 Å². The fourth-order valence-electron chi connectivity index (χ4n) is 3.36. The predicted octanol–water partition coefficient (Wildman–Crippen LogP) is 4.86. The molecule has 0 aliphatic carbocycles. The fourth-order valence-corrected chi connectivity index (χ4v) is 3.53. The fraction of sp³-hybridized carbons (Fsp3) is 0.130. The third kappa shape index (κ3) is 3.78. The van der Waals surface area contributed by atoms with Gasteiger partial charge in [-0.05, 0) is 35.9 Å². The molecule has 0 saturated carbocycles. The zero-order valence-electron chi connectivity index (χ0n) is 15.5. The quantitative estimate of drug-likeness (QED) is 0.474. The van der Waals surface area contributed by atoms with Crippen molar-refractivity contribution < 1.29 is 4.74 Å². The zero-order chi connectivity index (χ0) is 19.5. The van der Waals surface area contributed by atoms with Crippen molar-refractivity contribution in [2.75, 3.05) is 13.6 Å². The number of hydroxylamine groups is 1. The molecule has 0 radical (unpaired) electrons. The topological polar surface area (TPSA) is 41.7 Å². The lowest BCUT2D eigenvalue weighted by Gasteiger charge is -2.20. The molecule has 140 valence electrons. The van der Waals surface area contributed by atoms with Crippen LogP contribution < -0.4 is 0 Å². The number of hydrogen-bond donors (Lipinski definition) is 0. The third-order valence-electron chi connectivity index (χ3n) is 4.75. The van der Waals surface area contributed by atoms with E-state index in [9.17, 15) is 5.21 Å². The molecule has 1 aliphatic heterocycles. The maximum Gasteiger partial charge on any atom is 0.228 e. The van der Waals surface area contributed by atoms with Crippen LogP contribution in [0.3, 0.4) is 0 Å². The van der Waals surface area contributed by atoms with Gasteiger partial charge in [-0.25, -0.2) is 4.99 Å². The summed E-state index contributed by atoms with van der Waals surface area (Å²) in [5, 5.41) is 13.8. The van der Waals surface area contributed by atoms with Crippen molar-refractivity contribution in [1.29, 1.82) is 0 Å². The minimum absolute atomic E-state index is 0.167. The van der Waals surface area contributed by atoms with Crippen LogP contribution in [0, 0.1) is 5.21 Å². The summed E-state index contributed by atoms with van der Waals surface area (Å²) in [4.78, 5) is 6.84. The molecule has 0 fully saturated rings. The molecule has 0 spiro atoms. The Labute approximate surface area is 169 Å². The van der Waals surface area contributed by atoms with E-state index in [1.165, 1.54) is 0 Å². The number of amidine groups is 1. The number of aliphatic imine (C=N–C) groups is 1. The van der Waals surface area contributed by atoms with E-state index in [1.54, 1.807) is 0 Å². The summed E-state index contributed by atoms with van der Waals surface area (Å²) < 4.78 is 1.01. The van der Waals surface area contributed by atoms with Gasteiger partial charge in [0, 0.05) is 24.2 Å². The normalized spacial score (nSPS) is 13.6. The van der Waals surface area contributed by atoms with Gasteiger partial charge in [0.05, 0.1) is 11.3 Å². The highest BCUT2D eigenvalue weighted by molar-refractivity contribution is 6.31. The SMILES string of the molecule is CN(Cc1ccccc1)C1=Nc2ccc(Cl)cc2C(c2ccccc2)=[N+]([O-])C1. The van der Waals surface area contributed by atoms with Gasteiger partial charge in [-0.3, -0.25) is 0 Å². The number of halogens is 1. The van der Waals surface area contributed by atoms with Gasteiger partial charge in [-0.2, -0.15) is 4.74 Å². The van der Waals surface area contributed by atoms with Gasteiger partial charge in [0.2, 0.25) is 12.3 Å². The Morgan fingerprint density at radius 1 is 1.00 bits per heavy atom. The van der Waals surface area contributed by atoms with Crippen LogP contribution in [-0.2, 0) is 6.54 Å². The Morgan fingerprint density at radius 3 is 2.39 bits per heavy atom. The Balaban J connectivity index is 1.78. The van der Waals surface area contributed by atoms with E-state index in [0.717, 1.165) is 27.1 Å². The summed E-state index contributed by atoms with van der Waals surface area (Å²) in [7, 11) is 1.96. The first-order valence-corrected chi connectivity index (χ1v) is 9.49. The molecule has 3 aromatic rings. The van der Waals surface area contributed by atoms with E-state index < -0.39 is 0 Å². The van der Waals surface area contributed by atoms with Crippen molar-refractivity contribution in [1.82, 2.24) is 4.90 Å². The van der Waals surface area contributed by atoms with Crippen LogP contribution >= 0.6 is 11.6 Å². The van der Waals surface area contributed by atoms with E-state index >= 15 is 0 Å². The first-order chi connectivity index (χ1) is 13.6. The van der Waals surface area contributed by atoms with E-state index in [4.69, 9.17) is 16.6 Å². The summed E-state index contributed by atoms with van der Waals surface area (Å²) >= 11 is 6.24. The monoisotopic (exact) mass is 389 g/mol. The summed E-state index contributed by atoms with van der Waals surface area (Å²) in [6.07, 6.45) is 0. The van der Waals surface area contributed by atoms with Gasteiger partial charge in [-0.15, -0.1) is 0 Å². The van der Waals surface area contributed by atoms with Crippen LogP contribution in [0.1, 0.15) is 16.7 Å². The molecular weight excluding hydrogens is 370 g/mol. The summed E-state index contributed by atoms with van der Waals surface area (Å²) in [6, 6.07) is 25.3. The molecule has 0 N–H and O–H groups in total. The zero-order valence-corrected chi connectivity index (χ0v) is 16.3. The van der Waals surface area contributed by atoms with Crippen molar-refractivity contribution >= 4 is 28.8 Å². The second kappa shape index (κ2) is 7.87. The molecule has 1 aliphatic rings. The second-order valence-electron chi connectivity index (χ2n) is 6.78. The van der Waals surface area contributed by atoms with Crippen molar-refractivity contribution in [2.45, 2.75) is 6.54 Å². The third-order valence-corrected chi connectivity index (χ3v) is 4.98. The van der Waals surface area contributed by atoms with Crippen molar-refractivity contribution in [3.05, 3.63) is 106 Å². The maximum absolute atomic E-state index is 13.2. The number of fused-ring (bicyclic) bond motifs is 1. The number of hydrogen-bond acceptors (Lipinski definition) is 3. The lowest BCUT2D eigenvalue weighted by molar-refractivity contribution is -0.440. The molecule has 1 heterocycles. The Hall–Kier alpha value is -3.11. The van der Waals surface area contributed by atoms with E-state index in [-0.39, 0.29) is 6.54 Å². The first kappa shape index (κ1) is 18.3. The molecule has 28 heavy (non-hydrogen) atoms. The van der Waals surface area contributed by atoms with Crippen molar-refractivity contribution in [3.8, 4) is 0 Å². The molecule has 0 unspecified atom stereocenters. The van der Waals surface area contributed by atoms with E-state index in [0.29, 0.717) is 23.1 Å². The highest BCUT2D eigenvalue weighted by Crippen LogP contribution is 2.28. The van der Waals surface area contributed by atoms with Gasteiger partial charge < -0.3 is 10.1 Å². The minimum Gasteiger partial charge on any atom is -0.623 e. The number of rotatable bonds is 3. The van der Waals surface area contributed by atoms with Crippen LogP contribution in [0.2, 0.25) is 5.02 Å². The summed E-state index contributed by atoms with van der Waals surface area (Å²) in [5.74, 6) is 0.716. The minimum atomic E-state index is 0.167. The lowest BCUT2D eigenvalue weighted by atomic mass is 10.0. The van der Waals surface area contributed by atoms with Gasteiger partial charge in [-0.1, -0.05) is 60.1 Å². The molecule has 0 amide bonds. The Kier molecular flexibility index (Phi) is 5.13. The molecule has 0 aromatic heterocycles. The molecular formula is C23H20ClN3O. The predicted molar refractivity (Wildman–Crippen MR) is 115 cm³/mol. The van der Waals surface area contributed by atoms with E-state index in [1.807, 2.05) is 78.7 Å². The molecule has 4 nitrogen and oxygen atoms in total. The van der Waals surface area contributed by atoms with Crippen molar-refractivity contribution in [3.63, 3.8) is 0 Å². The standard InChI is InChI=1S/C23H20ClN3O/c1-26(15-17-8-4-2-5-9-17)22-16-27(28)23(18-10-6-3-7-11-18)20-14-19(24)12-13-21(20)25-22/h2-14H,15-16H2,1H3. The van der Waals surface area contributed by atoms with E-state index in [2.05, 4.69) is 12.1 Å². The van der Waals surface area contributed by atoms with Crippen molar-refractivity contribution in [2.24, 2.45) is 4.99 Å². The largest absolute Gasteiger partial charge is 0.623 e. The van der Waals surface area contributed by atoms with Crippen LogP contribution in [0.15, 0.2) is 83.9 Å². The number of nitrogens with zero attached hydrogens (tertiary/aromatic N) is 3. The van der Waals surface area contributed by atoms with Crippen LogP contribution in [-0.4, -0.2) is 34.8 Å². The lowest BCUT2D eigenvalue weighted by Crippen LogP contribution is -2.33. The number of likely N-dealkylation sites (N-methyl/N-ethyl adjacent to an activating group) is 1. The molecule has 0 saturated heterocycles. The summed E-state index contributed by atoms with van der Waals surface area (Å²) in [6.45, 7) is 0.844. The molecule has 0 bridgehead atoms. The maximum atomic E-state index is 13.2. The Bertz CT molecular complexity index is 1050. The molecule has 4 rings (SSSR count). The van der Waals surface area contributed by atoms with Gasteiger partial charge >= 0.3 is 0 Å². The van der Waals surface area contributed by atoms with Gasteiger partial charge in [0.15, 0.2) is 5.84 Å². The molecule has 0 atom stereocenters. The highest BCUT2D eigenvalue weighted by atomic mass is 35.5. The van der Waals surface area contributed by atoms with Crippen LogP contribution in [0.5, 0.6) is 0 Å².